The quantitative estimate of drug-likeness (QED) is 0.513. The van der Waals surface area contributed by atoms with E-state index in [-0.39, 0.29) is 5.76 Å². The summed E-state index contributed by atoms with van der Waals surface area (Å²) in [4.78, 5) is 22.2. The lowest BCUT2D eigenvalue weighted by Crippen LogP contribution is -2.26. The first-order valence-corrected chi connectivity index (χ1v) is 4.77. The van der Waals surface area contributed by atoms with Crippen molar-refractivity contribution < 1.29 is 32.3 Å². The Bertz CT molecular complexity index is 564. The maximum atomic E-state index is 12.1. The highest BCUT2D eigenvalue weighted by atomic mass is 19.4. The van der Waals surface area contributed by atoms with Crippen molar-refractivity contribution in [1.82, 2.24) is 0 Å². The highest BCUT2D eigenvalue weighted by Crippen LogP contribution is 2.22. The SMILES string of the molecule is N#CC(C(=O)C(F)(F)F)=C(O)C(=O)Cc1ccco1. The molecule has 0 atom stereocenters. The van der Waals surface area contributed by atoms with Crippen LogP contribution in [0.4, 0.5) is 13.2 Å². The number of hydrogen-bond acceptors (Lipinski definition) is 5. The highest BCUT2D eigenvalue weighted by molar-refractivity contribution is 6.10. The number of hydrogen-bond donors (Lipinski definition) is 1. The average Bonchev–Trinajstić information content (AvgIpc) is 2.81. The summed E-state index contributed by atoms with van der Waals surface area (Å²) in [5, 5.41) is 17.7. The Hall–Kier alpha value is -2.56. The Morgan fingerprint density at radius 2 is 2.05 bits per heavy atom. The van der Waals surface area contributed by atoms with Gasteiger partial charge in [0.05, 0.1) is 12.7 Å². The van der Waals surface area contributed by atoms with E-state index in [1.807, 2.05) is 0 Å². The van der Waals surface area contributed by atoms with Crippen LogP contribution in [0.15, 0.2) is 34.1 Å². The van der Waals surface area contributed by atoms with Crippen LogP contribution < -0.4 is 0 Å². The van der Waals surface area contributed by atoms with Crippen LogP contribution in [-0.2, 0) is 16.0 Å². The van der Waals surface area contributed by atoms with Crippen LogP contribution in [0.3, 0.4) is 0 Å². The molecule has 1 aromatic heterocycles. The number of aliphatic hydroxyl groups is 1. The molecule has 0 bridgehead atoms. The van der Waals surface area contributed by atoms with Crippen molar-refractivity contribution in [3.05, 3.63) is 35.5 Å². The molecular formula is C11H6F3NO4. The molecule has 0 amide bonds. The summed E-state index contributed by atoms with van der Waals surface area (Å²) in [6.07, 6.45) is -4.69. The van der Waals surface area contributed by atoms with Crippen LogP contribution in [0.5, 0.6) is 0 Å². The lowest BCUT2D eigenvalue weighted by atomic mass is 10.1. The normalized spacial score (nSPS) is 12.5. The van der Waals surface area contributed by atoms with E-state index in [0.717, 1.165) is 6.07 Å². The molecule has 0 radical (unpaired) electrons. The van der Waals surface area contributed by atoms with Crippen molar-refractivity contribution in [3.63, 3.8) is 0 Å². The molecule has 0 saturated heterocycles. The molecule has 0 saturated carbocycles. The van der Waals surface area contributed by atoms with Gasteiger partial charge in [-0.25, -0.2) is 0 Å². The number of ketones is 2. The molecule has 1 rings (SSSR count). The highest BCUT2D eigenvalue weighted by Gasteiger charge is 2.43. The summed E-state index contributed by atoms with van der Waals surface area (Å²) in [7, 11) is 0. The number of halogens is 3. The number of rotatable bonds is 4. The number of nitriles is 1. The van der Waals surface area contributed by atoms with Crippen molar-refractivity contribution in [2.24, 2.45) is 0 Å². The van der Waals surface area contributed by atoms with E-state index in [9.17, 15) is 27.9 Å². The second-order valence-electron chi connectivity index (χ2n) is 3.34. The minimum absolute atomic E-state index is 0.0771. The Labute approximate surface area is 104 Å². The average molecular weight is 273 g/mol. The summed E-state index contributed by atoms with van der Waals surface area (Å²) in [6, 6.07) is 3.65. The maximum Gasteiger partial charge on any atom is 0.455 e. The van der Waals surface area contributed by atoms with Crippen LogP contribution in [0.2, 0.25) is 0 Å². The van der Waals surface area contributed by atoms with Crippen LogP contribution in [0.1, 0.15) is 5.76 Å². The third-order valence-corrected chi connectivity index (χ3v) is 2.01. The minimum Gasteiger partial charge on any atom is -0.503 e. The molecule has 1 heterocycles. The first-order valence-electron chi connectivity index (χ1n) is 4.77. The van der Waals surface area contributed by atoms with Crippen LogP contribution >= 0.6 is 0 Å². The first-order chi connectivity index (χ1) is 8.77. The van der Waals surface area contributed by atoms with E-state index in [2.05, 4.69) is 0 Å². The Balaban J connectivity index is 3.02. The molecule has 0 aliphatic heterocycles. The van der Waals surface area contributed by atoms with Gasteiger partial charge < -0.3 is 9.52 Å². The maximum absolute atomic E-state index is 12.1. The van der Waals surface area contributed by atoms with Gasteiger partial charge in [-0.05, 0) is 12.1 Å². The molecule has 100 valence electrons. The second-order valence-corrected chi connectivity index (χ2v) is 3.34. The van der Waals surface area contributed by atoms with Gasteiger partial charge in [-0.3, -0.25) is 9.59 Å². The van der Waals surface area contributed by atoms with Gasteiger partial charge in [0.2, 0.25) is 5.78 Å². The lowest BCUT2D eigenvalue weighted by molar-refractivity contribution is -0.166. The van der Waals surface area contributed by atoms with Crippen molar-refractivity contribution in [2.45, 2.75) is 12.6 Å². The van der Waals surface area contributed by atoms with Gasteiger partial charge in [0, 0.05) is 0 Å². The molecule has 0 aliphatic rings. The van der Waals surface area contributed by atoms with Crippen molar-refractivity contribution in [2.75, 3.05) is 0 Å². The largest absolute Gasteiger partial charge is 0.503 e. The predicted octanol–water partition coefficient (Wildman–Crippen LogP) is 1.86. The van der Waals surface area contributed by atoms with Crippen LogP contribution in [0, 0.1) is 11.3 Å². The fraction of sp³-hybridized carbons (Fsp3) is 0.182. The zero-order valence-corrected chi connectivity index (χ0v) is 9.19. The number of carbonyl (C=O) groups is 2. The Morgan fingerprint density at radius 1 is 1.42 bits per heavy atom. The summed E-state index contributed by atoms with van der Waals surface area (Å²) >= 11 is 0. The fourth-order valence-electron chi connectivity index (χ4n) is 1.15. The molecular weight excluding hydrogens is 267 g/mol. The van der Waals surface area contributed by atoms with Gasteiger partial charge in [0.25, 0.3) is 5.78 Å². The van der Waals surface area contributed by atoms with Gasteiger partial charge in [0.15, 0.2) is 5.76 Å². The van der Waals surface area contributed by atoms with Gasteiger partial charge in [-0.2, -0.15) is 18.4 Å². The Kier molecular flexibility index (Phi) is 4.11. The molecule has 0 fully saturated rings. The topological polar surface area (TPSA) is 91.3 Å². The van der Waals surface area contributed by atoms with Crippen molar-refractivity contribution in [3.8, 4) is 6.07 Å². The molecule has 1 aromatic rings. The number of Topliss-reactive ketones (excluding diaryl/α,β-unsaturated/α-hetero) is 2. The van der Waals surface area contributed by atoms with Gasteiger partial charge in [-0.15, -0.1) is 0 Å². The number of nitrogens with zero attached hydrogens (tertiary/aromatic N) is 1. The standard InChI is InChI=1S/C11H6F3NO4/c12-11(13,14)10(18)7(5-15)9(17)8(16)4-6-2-1-3-19-6/h1-3,17H,4H2. The van der Waals surface area contributed by atoms with Crippen molar-refractivity contribution in [1.29, 1.82) is 5.26 Å². The number of alkyl halides is 3. The van der Waals surface area contributed by atoms with E-state index >= 15 is 0 Å². The summed E-state index contributed by atoms with van der Waals surface area (Å²) in [5.41, 5.74) is -1.64. The van der Waals surface area contributed by atoms with Crippen molar-refractivity contribution >= 4 is 11.6 Å². The monoisotopic (exact) mass is 273 g/mol. The van der Waals surface area contributed by atoms with Gasteiger partial charge >= 0.3 is 6.18 Å². The molecule has 0 aliphatic carbocycles. The zero-order valence-electron chi connectivity index (χ0n) is 9.19. The third kappa shape index (κ3) is 3.45. The molecule has 0 aromatic carbocycles. The van der Waals surface area contributed by atoms with Gasteiger partial charge in [-0.1, -0.05) is 0 Å². The summed E-state index contributed by atoms with van der Waals surface area (Å²) < 4.78 is 41.1. The molecule has 0 unspecified atom stereocenters. The number of allylic oxidation sites excluding steroid dienone is 2. The zero-order chi connectivity index (χ0) is 14.6. The lowest BCUT2D eigenvalue weighted by Gasteiger charge is -2.05. The van der Waals surface area contributed by atoms with E-state index < -0.39 is 35.5 Å². The van der Waals surface area contributed by atoms with Crippen LogP contribution in [0.25, 0.3) is 0 Å². The van der Waals surface area contributed by atoms with E-state index in [1.54, 1.807) is 0 Å². The number of furan rings is 1. The Morgan fingerprint density at radius 3 is 2.47 bits per heavy atom. The second kappa shape index (κ2) is 5.39. The number of carbonyl (C=O) groups excluding carboxylic acids is 2. The number of aliphatic hydroxyl groups excluding tert-OH is 1. The fourth-order valence-corrected chi connectivity index (χ4v) is 1.15. The third-order valence-electron chi connectivity index (χ3n) is 2.01. The smallest absolute Gasteiger partial charge is 0.455 e. The van der Waals surface area contributed by atoms with E-state index in [0.29, 0.717) is 0 Å². The van der Waals surface area contributed by atoms with E-state index in [1.165, 1.54) is 18.4 Å². The molecule has 8 heteroatoms. The minimum atomic E-state index is -5.34. The molecule has 0 spiro atoms. The van der Waals surface area contributed by atoms with Crippen LogP contribution in [-0.4, -0.2) is 22.8 Å². The summed E-state index contributed by atoms with van der Waals surface area (Å²) in [6.45, 7) is 0. The molecule has 5 nitrogen and oxygen atoms in total. The van der Waals surface area contributed by atoms with E-state index in [4.69, 9.17) is 9.68 Å². The first kappa shape index (κ1) is 14.5. The molecule has 1 N–H and O–H groups in total. The predicted molar refractivity (Wildman–Crippen MR) is 53.7 cm³/mol. The summed E-state index contributed by atoms with van der Waals surface area (Å²) in [5.74, 6) is -5.24. The van der Waals surface area contributed by atoms with Gasteiger partial charge in [0.1, 0.15) is 17.4 Å². The molecule has 19 heavy (non-hydrogen) atoms.